The standard InChI is InChI=1S/C24H41N3O3/c28-23(10-7-19-4-1-2-5-19)25-13-15-27(21-11-16-30-17-12-21)22-6-3-14-26(18-22)24(29)20-8-9-20/h19-22H,1-18H2,(H,25,28). The van der Waals surface area contributed by atoms with Crippen molar-refractivity contribution in [1.82, 2.24) is 15.1 Å². The molecule has 4 fully saturated rings. The van der Waals surface area contributed by atoms with E-state index in [2.05, 4.69) is 15.1 Å². The second-order valence-electron chi connectivity index (χ2n) is 9.98. The molecular formula is C24H41N3O3. The number of likely N-dealkylation sites (tertiary alicyclic amines) is 1. The number of amides is 2. The average Bonchev–Trinajstić information content (AvgIpc) is 3.50. The maximum absolute atomic E-state index is 12.6. The van der Waals surface area contributed by atoms with Gasteiger partial charge in [0.1, 0.15) is 0 Å². The summed E-state index contributed by atoms with van der Waals surface area (Å²) in [6.07, 6.45) is 13.6. The molecule has 170 valence electrons. The molecule has 0 radical (unpaired) electrons. The SMILES string of the molecule is O=C(CCC1CCCC1)NCCN(C1CCOCC1)C1CCCN(C(=O)C2CC2)C1. The lowest BCUT2D eigenvalue weighted by Crippen LogP contribution is -2.55. The van der Waals surface area contributed by atoms with Crippen molar-refractivity contribution >= 4 is 11.8 Å². The molecule has 2 saturated heterocycles. The number of nitrogens with zero attached hydrogens (tertiary/aromatic N) is 2. The first-order valence-corrected chi connectivity index (χ1v) is 12.6. The Hall–Kier alpha value is -1.14. The third-order valence-corrected chi connectivity index (χ3v) is 7.71. The molecule has 2 saturated carbocycles. The molecule has 2 heterocycles. The van der Waals surface area contributed by atoms with Crippen molar-refractivity contribution in [3.63, 3.8) is 0 Å². The molecule has 0 aromatic carbocycles. The Morgan fingerprint density at radius 3 is 2.43 bits per heavy atom. The summed E-state index contributed by atoms with van der Waals surface area (Å²) < 4.78 is 5.60. The number of hydrogen-bond acceptors (Lipinski definition) is 4. The summed E-state index contributed by atoms with van der Waals surface area (Å²) in [6, 6.07) is 0.926. The van der Waals surface area contributed by atoms with Crippen LogP contribution in [0.25, 0.3) is 0 Å². The van der Waals surface area contributed by atoms with E-state index >= 15 is 0 Å². The van der Waals surface area contributed by atoms with Gasteiger partial charge in [-0.3, -0.25) is 14.5 Å². The number of piperidine rings is 1. The minimum absolute atomic E-state index is 0.211. The highest BCUT2D eigenvalue weighted by Crippen LogP contribution is 2.33. The molecule has 0 aromatic heterocycles. The predicted octanol–water partition coefficient (Wildman–Crippen LogP) is 2.96. The van der Waals surface area contributed by atoms with E-state index in [-0.39, 0.29) is 5.91 Å². The number of ether oxygens (including phenoxy) is 1. The number of carbonyl (C=O) groups is 2. The lowest BCUT2D eigenvalue weighted by Gasteiger charge is -2.44. The summed E-state index contributed by atoms with van der Waals surface area (Å²) in [7, 11) is 0. The van der Waals surface area contributed by atoms with E-state index < -0.39 is 0 Å². The van der Waals surface area contributed by atoms with Crippen molar-refractivity contribution < 1.29 is 14.3 Å². The fourth-order valence-electron chi connectivity index (χ4n) is 5.74. The van der Waals surface area contributed by atoms with E-state index in [0.717, 1.165) is 83.7 Å². The van der Waals surface area contributed by atoms with Crippen LogP contribution in [0.5, 0.6) is 0 Å². The van der Waals surface area contributed by atoms with Crippen molar-refractivity contribution in [2.75, 3.05) is 39.4 Å². The van der Waals surface area contributed by atoms with E-state index in [9.17, 15) is 9.59 Å². The Bertz CT molecular complexity index is 568. The third kappa shape index (κ3) is 6.19. The van der Waals surface area contributed by atoms with Gasteiger partial charge in [-0.25, -0.2) is 0 Å². The minimum atomic E-state index is 0.211. The number of hydrogen-bond donors (Lipinski definition) is 1. The highest BCUT2D eigenvalue weighted by molar-refractivity contribution is 5.81. The molecule has 0 spiro atoms. The summed E-state index contributed by atoms with van der Waals surface area (Å²) in [6.45, 7) is 5.04. The maximum Gasteiger partial charge on any atom is 0.225 e. The van der Waals surface area contributed by atoms with Gasteiger partial charge in [0, 0.05) is 63.8 Å². The second kappa shape index (κ2) is 10.9. The predicted molar refractivity (Wildman–Crippen MR) is 117 cm³/mol. The Morgan fingerprint density at radius 2 is 1.70 bits per heavy atom. The van der Waals surface area contributed by atoms with Gasteiger partial charge in [0.2, 0.25) is 11.8 Å². The average molecular weight is 420 g/mol. The van der Waals surface area contributed by atoms with Crippen molar-refractivity contribution in [2.24, 2.45) is 11.8 Å². The highest BCUT2D eigenvalue weighted by Gasteiger charge is 2.37. The van der Waals surface area contributed by atoms with Crippen LogP contribution in [0.2, 0.25) is 0 Å². The topological polar surface area (TPSA) is 61.9 Å². The molecule has 4 aliphatic rings. The summed E-state index contributed by atoms with van der Waals surface area (Å²) in [4.78, 5) is 29.7. The van der Waals surface area contributed by atoms with Gasteiger partial charge in [0.15, 0.2) is 0 Å². The zero-order chi connectivity index (χ0) is 20.8. The lowest BCUT2D eigenvalue weighted by molar-refractivity contribution is -0.135. The smallest absolute Gasteiger partial charge is 0.225 e. The van der Waals surface area contributed by atoms with Crippen molar-refractivity contribution in [3.05, 3.63) is 0 Å². The Morgan fingerprint density at radius 1 is 0.933 bits per heavy atom. The van der Waals surface area contributed by atoms with Gasteiger partial charge in [0.25, 0.3) is 0 Å². The van der Waals surface area contributed by atoms with Gasteiger partial charge in [0.05, 0.1) is 0 Å². The Labute approximate surface area is 182 Å². The number of carbonyl (C=O) groups excluding carboxylic acids is 2. The first kappa shape index (κ1) is 22.1. The quantitative estimate of drug-likeness (QED) is 0.624. The van der Waals surface area contributed by atoms with E-state index in [1.807, 2.05) is 0 Å². The minimum Gasteiger partial charge on any atom is -0.381 e. The molecule has 2 amide bonds. The molecule has 2 aliphatic carbocycles. The molecule has 6 nitrogen and oxygen atoms in total. The fourth-order valence-corrected chi connectivity index (χ4v) is 5.74. The summed E-state index contributed by atoms with van der Waals surface area (Å²) in [5, 5.41) is 3.19. The van der Waals surface area contributed by atoms with Crippen LogP contribution in [0.4, 0.5) is 0 Å². The number of nitrogens with one attached hydrogen (secondary N) is 1. The molecule has 1 unspecified atom stereocenters. The zero-order valence-corrected chi connectivity index (χ0v) is 18.7. The van der Waals surface area contributed by atoms with Crippen LogP contribution in [0.1, 0.15) is 77.0 Å². The lowest BCUT2D eigenvalue weighted by atomic mass is 9.98. The van der Waals surface area contributed by atoms with Crippen LogP contribution < -0.4 is 5.32 Å². The van der Waals surface area contributed by atoms with Gasteiger partial charge >= 0.3 is 0 Å². The summed E-state index contributed by atoms with van der Waals surface area (Å²) in [5.74, 6) is 1.67. The normalized spacial score (nSPS) is 26.3. The second-order valence-corrected chi connectivity index (χ2v) is 9.98. The number of rotatable bonds is 9. The first-order chi connectivity index (χ1) is 14.7. The third-order valence-electron chi connectivity index (χ3n) is 7.71. The van der Waals surface area contributed by atoms with Gasteiger partial charge in [-0.1, -0.05) is 25.7 Å². The van der Waals surface area contributed by atoms with E-state index in [1.54, 1.807) is 0 Å². The van der Waals surface area contributed by atoms with Crippen molar-refractivity contribution in [3.8, 4) is 0 Å². The molecule has 30 heavy (non-hydrogen) atoms. The van der Waals surface area contributed by atoms with Crippen LogP contribution in [-0.2, 0) is 14.3 Å². The largest absolute Gasteiger partial charge is 0.381 e. The molecule has 4 rings (SSSR count). The van der Waals surface area contributed by atoms with Gasteiger partial charge in [-0.2, -0.15) is 0 Å². The Kier molecular flexibility index (Phi) is 8.05. The zero-order valence-electron chi connectivity index (χ0n) is 18.7. The molecule has 2 aliphatic heterocycles. The summed E-state index contributed by atoms with van der Waals surface area (Å²) in [5.41, 5.74) is 0. The van der Waals surface area contributed by atoms with Crippen LogP contribution in [0, 0.1) is 11.8 Å². The monoisotopic (exact) mass is 419 g/mol. The van der Waals surface area contributed by atoms with Crippen molar-refractivity contribution in [2.45, 2.75) is 89.1 Å². The molecule has 0 aromatic rings. The maximum atomic E-state index is 12.6. The fraction of sp³-hybridized carbons (Fsp3) is 0.917. The van der Waals surface area contributed by atoms with E-state index in [4.69, 9.17) is 4.74 Å². The van der Waals surface area contributed by atoms with Gasteiger partial charge in [-0.05, 0) is 50.9 Å². The molecule has 0 bridgehead atoms. The molecular weight excluding hydrogens is 378 g/mol. The van der Waals surface area contributed by atoms with Crippen molar-refractivity contribution in [1.29, 1.82) is 0 Å². The van der Waals surface area contributed by atoms with E-state index in [0.29, 0.717) is 36.9 Å². The molecule has 6 heteroatoms. The summed E-state index contributed by atoms with van der Waals surface area (Å²) >= 11 is 0. The van der Waals surface area contributed by atoms with Gasteiger partial charge < -0.3 is 15.0 Å². The first-order valence-electron chi connectivity index (χ1n) is 12.6. The van der Waals surface area contributed by atoms with Crippen LogP contribution in [0.15, 0.2) is 0 Å². The van der Waals surface area contributed by atoms with E-state index in [1.165, 1.54) is 25.7 Å². The highest BCUT2D eigenvalue weighted by atomic mass is 16.5. The Balaban J connectivity index is 1.27. The van der Waals surface area contributed by atoms with Crippen LogP contribution in [0.3, 0.4) is 0 Å². The van der Waals surface area contributed by atoms with Gasteiger partial charge in [-0.15, -0.1) is 0 Å². The molecule has 1 N–H and O–H groups in total. The van der Waals surface area contributed by atoms with Crippen LogP contribution in [-0.4, -0.2) is 73.1 Å². The molecule has 1 atom stereocenters. The van der Waals surface area contributed by atoms with Crippen LogP contribution >= 0.6 is 0 Å².